The summed E-state index contributed by atoms with van der Waals surface area (Å²) in [7, 11) is 3.93. The molecule has 1 saturated carbocycles. The molecule has 2 amide bonds. The topological polar surface area (TPSA) is 78.4 Å². The van der Waals surface area contributed by atoms with Crippen molar-refractivity contribution in [1.82, 2.24) is 25.6 Å². The first-order valence-electron chi connectivity index (χ1n) is 19.0. The summed E-state index contributed by atoms with van der Waals surface area (Å²) >= 11 is 0. The number of nitrogens with zero attached hydrogens (tertiary/aromatic N) is 2. The molecule has 2 aromatic rings. The number of carbonyl (C=O) groups excluding carboxylic acids is 2. The van der Waals surface area contributed by atoms with E-state index in [0.717, 1.165) is 50.6 Å². The Morgan fingerprint density at radius 2 is 1.33 bits per heavy atom. The lowest BCUT2D eigenvalue weighted by Gasteiger charge is -2.17. The minimum Gasteiger partial charge on any atom is -0.356 e. The van der Waals surface area contributed by atoms with Crippen molar-refractivity contribution in [2.24, 2.45) is 11.8 Å². The largest absolute Gasteiger partial charge is 0.356 e. The van der Waals surface area contributed by atoms with E-state index < -0.39 is 0 Å². The van der Waals surface area contributed by atoms with Gasteiger partial charge in [-0.25, -0.2) is 5.01 Å². The second-order valence-electron chi connectivity index (χ2n) is 13.9. The molecule has 0 radical (unpaired) electrons. The Bertz CT molecular complexity index is 1110. The number of benzene rings is 1. The van der Waals surface area contributed by atoms with Gasteiger partial charge in [0.15, 0.2) is 0 Å². The van der Waals surface area contributed by atoms with E-state index in [0.29, 0.717) is 25.9 Å². The monoisotopic (exact) mass is 638 g/mol. The van der Waals surface area contributed by atoms with Gasteiger partial charge in [0.2, 0.25) is 11.8 Å². The van der Waals surface area contributed by atoms with Gasteiger partial charge >= 0.3 is 0 Å². The molecule has 3 rings (SSSR count). The fourth-order valence-electron chi connectivity index (χ4n) is 6.86. The smallest absolute Gasteiger partial charge is 0.221 e. The number of aromatic nitrogens is 1. The highest BCUT2D eigenvalue weighted by Gasteiger charge is 2.35. The molecule has 1 aliphatic rings. The Hall–Kier alpha value is -2.38. The lowest BCUT2D eigenvalue weighted by molar-refractivity contribution is -0.122. The predicted molar refractivity (Wildman–Crippen MR) is 193 cm³/mol. The summed E-state index contributed by atoms with van der Waals surface area (Å²) in [6.45, 7) is 5.15. The van der Waals surface area contributed by atoms with Gasteiger partial charge in [0, 0.05) is 50.7 Å². The number of aryl methyl sites for hydroxylation is 1. The molecule has 1 heterocycles. The van der Waals surface area contributed by atoms with Crippen molar-refractivity contribution in [3.63, 3.8) is 0 Å². The van der Waals surface area contributed by atoms with Crippen LogP contribution in [-0.2, 0) is 22.7 Å². The van der Waals surface area contributed by atoms with Crippen LogP contribution < -0.4 is 16.1 Å². The fourth-order valence-corrected chi connectivity index (χ4v) is 6.86. The van der Waals surface area contributed by atoms with Gasteiger partial charge in [-0.2, -0.15) is 0 Å². The van der Waals surface area contributed by atoms with Crippen molar-refractivity contribution in [2.45, 2.75) is 148 Å². The van der Waals surface area contributed by atoms with Crippen molar-refractivity contribution in [3.8, 4) is 0 Å². The Morgan fingerprint density at radius 1 is 0.761 bits per heavy atom. The molecule has 260 valence electrons. The number of para-hydroxylation sites is 1. The van der Waals surface area contributed by atoms with Crippen LogP contribution in [0.3, 0.4) is 0 Å². The fraction of sp³-hybridized carbons (Fsp3) is 0.744. The van der Waals surface area contributed by atoms with E-state index in [1.807, 2.05) is 19.1 Å². The van der Waals surface area contributed by atoms with Crippen LogP contribution in [0, 0.1) is 11.8 Å². The van der Waals surface area contributed by atoms with Crippen LogP contribution in [-0.4, -0.2) is 48.6 Å². The normalized spacial score (nSPS) is 15.9. The number of hydrazine groups is 1. The van der Waals surface area contributed by atoms with Crippen molar-refractivity contribution in [1.29, 1.82) is 0 Å². The summed E-state index contributed by atoms with van der Waals surface area (Å²) in [5, 5.41) is 9.40. The number of hydrogen-bond acceptors (Lipinski definition) is 4. The maximum absolute atomic E-state index is 12.5. The Labute approximate surface area is 281 Å². The number of nitrogens with one attached hydrogen (secondary N) is 3. The molecule has 3 N–H and O–H groups in total. The molecular weight excluding hydrogens is 570 g/mol. The minimum absolute atomic E-state index is 0.0922. The predicted octanol–water partition coefficient (Wildman–Crippen LogP) is 8.51. The van der Waals surface area contributed by atoms with Gasteiger partial charge in [-0.1, -0.05) is 109 Å². The molecule has 2 atom stereocenters. The lowest BCUT2D eigenvalue weighted by Crippen LogP contribution is -2.31. The molecule has 1 aromatic heterocycles. The average molecular weight is 638 g/mol. The maximum atomic E-state index is 12.5. The molecule has 7 heteroatoms. The molecule has 1 fully saturated rings. The van der Waals surface area contributed by atoms with E-state index in [-0.39, 0.29) is 11.8 Å². The molecule has 1 aromatic carbocycles. The Balaban J connectivity index is 1.10. The highest BCUT2D eigenvalue weighted by molar-refractivity contribution is 5.82. The number of fused-ring (bicyclic) bond motifs is 1. The molecule has 2 unspecified atom stereocenters. The molecule has 0 aliphatic heterocycles. The first kappa shape index (κ1) is 38.1. The lowest BCUT2D eigenvalue weighted by atomic mass is 10.0. The van der Waals surface area contributed by atoms with Crippen LogP contribution in [0.2, 0.25) is 0 Å². The first-order valence-corrected chi connectivity index (χ1v) is 19.0. The van der Waals surface area contributed by atoms with Gasteiger partial charge in [0.05, 0.1) is 6.54 Å². The SMILES string of the molecule is CCCCCCCCCC1CC1CCCCCCCC(=O)NCCCCCNC(=O)CCn1c(CN(C)NC)cc2ccccc21. The third kappa shape index (κ3) is 15.5. The summed E-state index contributed by atoms with van der Waals surface area (Å²) < 4.78 is 2.26. The minimum atomic E-state index is 0.0922. The zero-order chi connectivity index (χ0) is 32.8. The van der Waals surface area contributed by atoms with E-state index in [2.05, 4.69) is 57.9 Å². The van der Waals surface area contributed by atoms with Gasteiger partial charge in [0.25, 0.3) is 0 Å². The first-order chi connectivity index (χ1) is 22.5. The average Bonchev–Trinajstić information content (AvgIpc) is 3.72. The van der Waals surface area contributed by atoms with Crippen LogP contribution in [0.25, 0.3) is 10.9 Å². The highest BCUT2D eigenvalue weighted by Crippen LogP contribution is 2.45. The zero-order valence-corrected chi connectivity index (χ0v) is 29.7. The Kier molecular flexibility index (Phi) is 19.1. The van der Waals surface area contributed by atoms with Gasteiger partial charge < -0.3 is 15.2 Å². The van der Waals surface area contributed by atoms with Crippen molar-refractivity contribution in [3.05, 3.63) is 36.0 Å². The van der Waals surface area contributed by atoms with Crippen molar-refractivity contribution >= 4 is 22.7 Å². The number of carbonyl (C=O) groups is 2. The van der Waals surface area contributed by atoms with Crippen LogP contribution in [0.15, 0.2) is 30.3 Å². The standard InChI is InChI=1S/C39H67N5O2/c1-4-5-6-7-8-10-14-21-33-30-34(33)22-15-11-9-12-16-25-38(45)41-27-19-13-20-28-42-39(46)26-29-44-36(32-43(3)40-2)31-35-23-17-18-24-37(35)44/h17-18,23-24,31,33-34,40H,4-16,19-22,25-30,32H2,1-3H3,(H,41,45)(H,42,46). The molecule has 1 aliphatic carbocycles. The summed E-state index contributed by atoms with van der Waals surface area (Å²) in [4.78, 5) is 24.7. The Morgan fingerprint density at radius 3 is 1.98 bits per heavy atom. The number of hydrogen-bond donors (Lipinski definition) is 3. The van der Waals surface area contributed by atoms with E-state index in [4.69, 9.17) is 0 Å². The quantitative estimate of drug-likeness (QED) is 0.0646. The molecule has 0 saturated heterocycles. The van der Waals surface area contributed by atoms with Crippen molar-refractivity contribution < 1.29 is 9.59 Å². The number of amides is 2. The summed E-state index contributed by atoms with van der Waals surface area (Å²) in [6, 6.07) is 10.6. The van der Waals surface area contributed by atoms with Gasteiger partial charge in [-0.15, -0.1) is 0 Å². The summed E-state index contributed by atoms with van der Waals surface area (Å²) in [5.74, 6) is 2.36. The molecule has 7 nitrogen and oxygen atoms in total. The summed E-state index contributed by atoms with van der Waals surface area (Å²) in [5.41, 5.74) is 5.52. The molecule has 0 spiro atoms. The van der Waals surface area contributed by atoms with Crippen LogP contribution >= 0.6 is 0 Å². The van der Waals surface area contributed by atoms with E-state index in [1.165, 1.54) is 106 Å². The maximum Gasteiger partial charge on any atom is 0.221 e. The second kappa shape index (κ2) is 23.0. The van der Waals surface area contributed by atoms with Crippen LogP contribution in [0.1, 0.15) is 141 Å². The number of rotatable bonds is 28. The molecule has 0 bridgehead atoms. The summed E-state index contributed by atoms with van der Waals surface area (Å²) in [6.07, 6.45) is 24.6. The van der Waals surface area contributed by atoms with Crippen molar-refractivity contribution in [2.75, 3.05) is 27.2 Å². The van der Waals surface area contributed by atoms with E-state index >= 15 is 0 Å². The third-order valence-electron chi connectivity index (χ3n) is 9.96. The van der Waals surface area contributed by atoms with Gasteiger partial charge in [0.1, 0.15) is 0 Å². The number of unbranched alkanes of at least 4 members (excludes halogenated alkanes) is 12. The molecular formula is C39H67N5O2. The van der Waals surface area contributed by atoms with Gasteiger partial charge in [-0.3, -0.25) is 15.0 Å². The third-order valence-corrected chi connectivity index (χ3v) is 9.96. The van der Waals surface area contributed by atoms with E-state index in [9.17, 15) is 9.59 Å². The highest BCUT2D eigenvalue weighted by atomic mass is 16.2. The molecule has 46 heavy (non-hydrogen) atoms. The zero-order valence-electron chi connectivity index (χ0n) is 29.7. The second-order valence-corrected chi connectivity index (χ2v) is 13.9. The van der Waals surface area contributed by atoms with Crippen LogP contribution in [0.5, 0.6) is 0 Å². The van der Waals surface area contributed by atoms with Gasteiger partial charge in [-0.05, 0) is 68.5 Å². The van der Waals surface area contributed by atoms with E-state index in [1.54, 1.807) is 0 Å². The van der Waals surface area contributed by atoms with Crippen LogP contribution in [0.4, 0.5) is 0 Å².